The average Bonchev–Trinajstić information content (AvgIpc) is 2.37. The van der Waals surface area contributed by atoms with E-state index < -0.39 is 0 Å². The molecular weight excluding hydrogens is 232 g/mol. The van der Waals surface area contributed by atoms with Crippen LogP contribution in [0.2, 0.25) is 0 Å². The number of nitrogens with one attached hydrogen (secondary N) is 1. The smallest absolute Gasteiger partial charge is 0.224 e. The molecule has 0 spiro atoms. The zero-order valence-electron chi connectivity index (χ0n) is 10.8. The summed E-state index contributed by atoms with van der Waals surface area (Å²) in [6, 6.07) is 3.66. The third-order valence-corrected chi connectivity index (χ3v) is 2.15. The Balaban J connectivity index is 2.23. The molecule has 1 aromatic rings. The molecule has 0 saturated carbocycles. The van der Waals surface area contributed by atoms with Crippen molar-refractivity contribution in [2.75, 3.05) is 38.8 Å². The SMILES string of the molecule is COCCOCCCNc1nc(C)cc(C#N)n1. The second kappa shape index (κ2) is 8.39. The second-order valence-electron chi connectivity index (χ2n) is 3.72. The number of hydrogen-bond acceptors (Lipinski definition) is 6. The highest BCUT2D eigenvalue weighted by molar-refractivity contribution is 5.32. The van der Waals surface area contributed by atoms with Crippen LogP contribution in [0.15, 0.2) is 6.07 Å². The first-order valence-corrected chi connectivity index (χ1v) is 5.82. The minimum Gasteiger partial charge on any atom is -0.382 e. The Kier molecular flexibility index (Phi) is 6.69. The van der Waals surface area contributed by atoms with Gasteiger partial charge in [-0.25, -0.2) is 9.97 Å². The van der Waals surface area contributed by atoms with Gasteiger partial charge in [0.25, 0.3) is 0 Å². The standard InChI is InChI=1S/C12H18N4O2/c1-10-8-11(9-13)16-12(15-10)14-4-3-5-18-7-6-17-2/h8H,3-7H2,1-2H3,(H,14,15,16). The molecule has 18 heavy (non-hydrogen) atoms. The second-order valence-corrected chi connectivity index (χ2v) is 3.72. The molecule has 1 N–H and O–H groups in total. The predicted molar refractivity (Wildman–Crippen MR) is 67.3 cm³/mol. The van der Waals surface area contributed by atoms with Crippen molar-refractivity contribution in [1.82, 2.24) is 9.97 Å². The number of hydrogen-bond donors (Lipinski definition) is 1. The van der Waals surface area contributed by atoms with Crippen molar-refractivity contribution in [3.63, 3.8) is 0 Å². The van der Waals surface area contributed by atoms with E-state index in [1.165, 1.54) is 0 Å². The molecule has 0 unspecified atom stereocenters. The van der Waals surface area contributed by atoms with Gasteiger partial charge in [0, 0.05) is 26.0 Å². The summed E-state index contributed by atoms with van der Waals surface area (Å²) in [7, 11) is 1.65. The van der Waals surface area contributed by atoms with Gasteiger partial charge in [0.1, 0.15) is 11.8 Å². The summed E-state index contributed by atoms with van der Waals surface area (Å²) in [4.78, 5) is 8.25. The number of aromatic nitrogens is 2. The fraction of sp³-hybridized carbons (Fsp3) is 0.583. The normalized spacial score (nSPS) is 10.1. The molecule has 0 aliphatic heterocycles. The summed E-state index contributed by atoms with van der Waals surface area (Å²) in [6.45, 7) is 4.42. The van der Waals surface area contributed by atoms with Crippen molar-refractivity contribution in [3.05, 3.63) is 17.5 Å². The van der Waals surface area contributed by atoms with Crippen molar-refractivity contribution < 1.29 is 9.47 Å². The van der Waals surface area contributed by atoms with E-state index in [9.17, 15) is 0 Å². The van der Waals surface area contributed by atoms with Crippen molar-refractivity contribution in [2.45, 2.75) is 13.3 Å². The summed E-state index contributed by atoms with van der Waals surface area (Å²) >= 11 is 0. The lowest BCUT2D eigenvalue weighted by molar-refractivity contribution is 0.0705. The van der Waals surface area contributed by atoms with Crippen molar-refractivity contribution in [2.24, 2.45) is 0 Å². The number of methoxy groups -OCH3 is 1. The van der Waals surface area contributed by atoms with Crippen LogP contribution in [0, 0.1) is 18.3 Å². The predicted octanol–water partition coefficient (Wildman–Crippen LogP) is 1.12. The third kappa shape index (κ3) is 5.57. The maximum absolute atomic E-state index is 8.78. The molecule has 0 fully saturated rings. The van der Waals surface area contributed by atoms with Gasteiger partial charge in [0.15, 0.2) is 0 Å². The number of ether oxygens (including phenoxy) is 2. The summed E-state index contributed by atoms with van der Waals surface area (Å²) in [5.74, 6) is 0.489. The molecule has 1 rings (SSSR count). The average molecular weight is 250 g/mol. The van der Waals surface area contributed by atoms with Gasteiger partial charge in [-0.15, -0.1) is 0 Å². The molecule has 0 aliphatic carbocycles. The van der Waals surface area contributed by atoms with Crippen LogP contribution in [0.5, 0.6) is 0 Å². The highest BCUT2D eigenvalue weighted by Gasteiger charge is 2.00. The van der Waals surface area contributed by atoms with Crippen molar-refractivity contribution in [3.8, 4) is 6.07 Å². The highest BCUT2D eigenvalue weighted by Crippen LogP contribution is 2.03. The van der Waals surface area contributed by atoms with Gasteiger partial charge in [-0.05, 0) is 19.4 Å². The molecular formula is C12H18N4O2. The third-order valence-electron chi connectivity index (χ3n) is 2.15. The number of anilines is 1. The van der Waals surface area contributed by atoms with Crippen LogP contribution in [0.4, 0.5) is 5.95 Å². The van der Waals surface area contributed by atoms with E-state index in [2.05, 4.69) is 15.3 Å². The van der Waals surface area contributed by atoms with Gasteiger partial charge in [-0.3, -0.25) is 0 Å². The first-order valence-electron chi connectivity index (χ1n) is 5.82. The molecule has 0 aromatic carbocycles. The number of nitriles is 1. The quantitative estimate of drug-likeness (QED) is 0.696. The van der Waals surface area contributed by atoms with Crippen LogP contribution < -0.4 is 5.32 Å². The van der Waals surface area contributed by atoms with E-state index >= 15 is 0 Å². The van der Waals surface area contributed by atoms with Crippen molar-refractivity contribution in [1.29, 1.82) is 5.26 Å². The molecule has 6 nitrogen and oxygen atoms in total. The van der Waals surface area contributed by atoms with E-state index in [-0.39, 0.29) is 0 Å². The molecule has 1 aromatic heterocycles. The van der Waals surface area contributed by atoms with Gasteiger partial charge in [-0.1, -0.05) is 0 Å². The Morgan fingerprint density at radius 3 is 2.89 bits per heavy atom. The zero-order valence-corrected chi connectivity index (χ0v) is 10.8. The first-order chi connectivity index (χ1) is 8.76. The van der Waals surface area contributed by atoms with Crippen LogP contribution in [-0.2, 0) is 9.47 Å². The summed E-state index contributed by atoms with van der Waals surface area (Å²) in [6.07, 6.45) is 0.850. The molecule has 0 saturated heterocycles. The van der Waals surface area contributed by atoms with E-state index in [0.29, 0.717) is 38.0 Å². The van der Waals surface area contributed by atoms with E-state index in [0.717, 1.165) is 12.1 Å². The number of nitrogens with zero attached hydrogens (tertiary/aromatic N) is 3. The van der Waals surface area contributed by atoms with E-state index in [1.54, 1.807) is 13.2 Å². The largest absolute Gasteiger partial charge is 0.382 e. The monoisotopic (exact) mass is 250 g/mol. The highest BCUT2D eigenvalue weighted by atomic mass is 16.5. The van der Waals surface area contributed by atoms with Gasteiger partial charge in [0.05, 0.1) is 13.2 Å². The molecule has 0 atom stereocenters. The molecule has 0 aliphatic rings. The Morgan fingerprint density at radius 1 is 1.33 bits per heavy atom. The topological polar surface area (TPSA) is 80.1 Å². The Bertz CT molecular complexity index is 404. The fourth-order valence-electron chi connectivity index (χ4n) is 1.32. The molecule has 0 radical (unpaired) electrons. The maximum Gasteiger partial charge on any atom is 0.224 e. The van der Waals surface area contributed by atoms with Crippen LogP contribution >= 0.6 is 0 Å². The van der Waals surface area contributed by atoms with Gasteiger partial charge < -0.3 is 14.8 Å². The Hall–Kier alpha value is -1.71. The summed E-state index contributed by atoms with van der Waals surface area (Å²) < 4.78 is 10.2. The van der Waals surface area contributed by atoms with Crippen LogP contribution in [0.3, 0.4) is 0 Å². The maximum atomic E-state index is 8.78. The van der Waals surface area contributed by atoms with Gasteiger partial charge >= 0.3 is 0 Å². The van der Waals surface area contributed by atoms with Crippen LogP contribution in [-0.4, -0.2) is 43.4 Å². The van der Waals surface area contributed by atoms with E-state index in [4.69, 9.17) is 14.7 Å². The number of aryl methyl sites for hydroxylation is 1. The Morgan fingerprint density at radius 2 is 2.17 bits per heavy atom. The first kappa shape index (κ1) is 14.4. The lowest BCUT2D eigenvalue weighted by Gasteiger charge is -2.06. The molecule has 1 heterocycles. The summed E-state index contributed by atoms with van der Waals surface area (Å²) in [5.41, 5.74) is 1.15. The fourth-order valence-corrected chi connectivity index (χ4v) is 1.32. The minimum atomic E-state index is 0.376. The van der Waals surface area contributed by atoms with Crippen LogP contribution in [0.25, 0.3) is 0 Å². The van der Waals surface area contributed by atoms with E-state index in [1.807, 2.05) is 13.0 Å². The molecule has 0 bridgehead atoms. The molecule has 6 heteroatoms. The summed E-state index contributed by atoms with van der Waals surface area (Å²) in [5, 5.41) is 11.8. The Labute approximate surface area is 107 Å². The van der Waals surface area contributed by atoms with Crippen LogP contribution in [0.1, 0.15) is 17.8 Å². The lowest BCUT2D eigenvalue weighted by atomic mass is 10.3. The van der Waals surface area contributed by atoms with Gasteiger partial charge in [-0.2, -0.15) is 5.26 Å². The minimum absolute atomic E-state index is 0.376. The molecule has 0 amide bonds. The van der Waals surface area contributed by atoms with Gasteiger partial charge in [0.2, 0.25) is 5.95 Å². The number of rotatable bonds is 8. The van der Waals surface area contributed by atoms with Crippen molar-refractivity contribution >= 4 is 5.95 Å². The lowest BCUT2D eigenvalue weighted by Crippen LogP contribution is -2.10. The molecule has 98 valence electrons. The zero-order chi connectivity index (χ0) is 13.2.